The van der Waals surface area contributed by atoms with Crippen LogP contribution >= 0.6 is 0 Å². The second kappa shape index (κ2) is 6.23. The molecule has 90 valence electrons. The summed E-state index contributed by atoms with van der Waals surface area (Å²) in [6, 6.07) is 0. The highest BCUT2D eigenvalue weighted by molar-refractivity contribution is 5.85. The standard InChI is InChI=1S/C12H24O3/c1-7-14-11(15-8-2)9(3)10(13)12(4,5)6/h9,11H,7-8H2,1-6H3. The summed E-state index contributed by atoms with van der Waals surface area (Å²) in [7, 11) is 0. The lowest BCUT2D eigenvalue weighted by atomic mass is 9.83. The summed E-state index contributed by atoms with van der Waals surface area (Å²) < 4.78 is 10.8. The summed E-state index contributed by atoms with van der Waals surface area (Å²) in [5.41, 5.74) is -0.341. The lowest BCUT2D eigenvalue weighted by molar-refractivity contribution is -0.175. The minimum Gasteiger partial charge on any atom is -0.352 e. The van der Waals surface area contributed by atoms with Gasteiger partial charge in [-0.2, -0.15) is 0 Å². The molecule has 0 heterocycles. The molecule has 0 amide bonds. The smallest absolute Gasteiger partial charge is 0.166 e. The average molecular weight is 216 g/mol. The van der Waals surface area contributed by atoms with Crippen LogP contribution < -0.4 is 0 Å². The molecule has 0 N–H and O–H groups in total. The van der Waals surface area contributed by atoms with Crippen LogP contribution in [0, 0.1) is 11.3 Å². The first-order valence-electron chi connectivity index (χ1n) is 5.62. The maximum atomic E-state index is 12.0. The van der Waals surface area contributed by atoms with Gasteiger partial charge in [0.25, 0.3) is 0 Å². The third-order valence-corrected chi connectivity index (χ3v) is 2.22. The van der Waals surface area contributed by atoms with Crippen LogP contribution in [0.25, 0.3) is 0 Å². The summed E-state index contributed by atoms with van der Waals surface area (Å²) in [5.74, 6) is -0.0423. The summed E-state index contributed by atoms with van der Waals surface area (Å²) >= 11 is 0. The van der Waals surface area contributed by atoms with Crippen LogP contribution in [0.5, 0.6) is 0 Å². The van der Waals surface area contributed by atoms with E-state index in [1.54, 1.807) is 0 Å². The molecule has 0 aliphatic heterocycles. The highest BCUT2D eigenvalue weighted by Crippen LogP contribution is 2.23. The van der Waals surface area contributed by atoms with E-state index in [9.17, 15) is 4.79 Å². The molecule has 0 radical (unpaired) electrons. The minimum absolute atomic E-state index is 0.175. The van der Waals surface area contributed by atoms with Gasteiger partial charge in [0, 0.05) is 18.6 Å². The summed E-state index contributed by atoms with van der Waals surface area (Å²) in [6.45, 7) is 12.5. The van der Waals surface area contributed by atoms with Crippen LogP contribution in [0.4, 0.5) is 0 Å². The van der Waals surface area contributed by atoms with Crippen molar-refractivity contribution in [3.63, 3.8) is 0 Å². The van der Waals surface area contributed by atoms with E-state index in [0.29, 0.717) is 13.2 Å². The second-order valence-electron chi connectivity index (χ2n) is 4.68. The van der Waals surface area contributed by atoms with Crippen LogP contribution in [0.1, 0.15) is 41.5 Å². The van der Waals surface area contributed by atoms with E-state index < -0.39 is 6.29 Å². The van der Waals surface area contributed by atoms with E-state index in [0.717, 1.165) is 0 Å². The topological polar surface area (TPSA) is 35.5 Å². The molecular weight excluding hydrogens is 192 g/mol. The number of ketones is 1. The maximum Gasteiger partial charge on any atom is 0.166 e. The fourth-order valence-electron chi connectivity index (χ4n) is 1.47. The van der Waals surface area contributed by atoms with Gasteiger partial charge in [-0.15, -0.1) is 0 Å². The van der Waals surface area contributed by atoms with Crippen LogP contribution in [0.15, 0.2) is 0 Å². The summed E-state index contributed by atoms with van der Waals surface area (Å²) in [5, 5.41) is 0. The zero-order chi connectivity index (χ0) is 12.1. The third-order valence-electron chi connectivity index (χ3n) is 2.22. The van der Waals surface area contributed by atoms with Gasteiger partial charge >= 0.3 is 0 Å². The largest absolute Gasteiger partial charge is 0.352 e. The second-order valence-corrected chi connectivity index (χ2v) is 4.68. The number of ether oxygens (including phenoxy) is 2. The van der Waals surface area contributed by atoms with Crippen molar-refractivity contribution in [2.24, 2.45) is 11.3 Å². The molecule has 0 aliphatic rings. The Bertz CT molecular complexity index is 188. The van der Waals surface area contributed by atoms with Crippen LogP contribution in [0.3, 0.4) is 0 Å². The van der Waals surface area contributed by atoms with E-state index >= 15 is 0 Å². The van der Waals surface area contributed by atoms with Crippen molar-refractivity contribution in [1.82, 2.24) is 0 Å². The van der Waals surface area contributed by atoms with Gasteiger partial charge in [0.1, 0.15) is 5.78 Å². The monoisotopic (exact) mass is 216 g/mol. The number of rotatable bonds is 6. The highest BCUT2D eigenvalue weighted by atomic mass is 16.7. The number of hydrogen-bond donors (Lipinski definition) is 0. The minimum atomic E-state index is -0.410. The normalized spacial score (nSPS) is 14.3. The van der Waals surface area contributed by atoms with Gasteiger partial charge in [-0.05, 0) is 13.8 Å². The number of carbonyl (C=O) groups excluding carboxylic acids is 1. The van der Waals surface area contributed by atoms with Crippen molar-refractivity contribution in [3.05, 3.63) is 0 Å². The van der Waals surface area contributed by atoms with Gasteiger partial charge < -0.3 is 9.47 Å². The molecule has 0 aromatic heterocycles. The van der Waals surface area contributed by atoms with Crippen molar-refractivity contribution >= 4 is 5.78 Å². The van der Waals surface area contributed by atoms with Crippen LogP contribution in [0.2, 0.25) is 0 Å². The van der Waals surface area contributed by atoms with Crippen molar-refractivity contribution < 1.29 is 14.3 Å². The van der Waals surface area contributed by atoms with E-state index in [1.165, 1.54) is 0 Å². The Morgan fingerprint density at radius 1 is 1.13 bits per heavy atom. The van der Waals surface area contributed by atoms with Gasteiger partial charge in [0.15, 0.2) is 6.29 Å². The Kier molecular flexibility index (Phi) is 6.06. The van der Waals surface area contributed by atoms with Gasteiger partial charge in [-0.1, -0.05) is 27.7 Å². The first-order valence-corrected chi connectivity index (χ1v) is 5.62. The van der Waals surface area contributed by atoms with Crippen LogP contribution in [-0.4, -0.2) is 25.3 Å². The van der Waals surface area contributed by atoms with Gasteiger partial charge in [-0.25, -0.2) is 0 Å². The molecule has 15 heavy (non-hydrogen) atoms. The quantitative estimate of drug-likeness (QED) is 0.640. The first-order chi connectivity index (χ1) is 6.84. The van der Waals surface area contributed by atoms with Crippen molar-refractivity contribution in [2.75, 3.05) is 13.2 Å². The molecule has 0 aromatic carbocycles. The van der Waals surface area contributed by atoms with E-state index in [-0.39, 0.29) is 17.1 Å². The molecule has 0 saturated heterocycles. The van der Waals surface area contributed by atoms with E-state index in [2.05, 4.69) is 0 Å². The van der Waals surface area contributed by atoms with Crippen molar-refractivity contribution in [1.29, 1.82) is 0 Å². The molecule has 0 aromatic rings. The zero-order valence-electron chi connectivity index (χ0n) is 10.8. The Morgan fingerprint density at radius 3 is 1.80 bits per heavy atom. The van der Waals surface area contributed by atoms with E-state index in [4.69, 9.17) is 9.47 Å². The van der Waals surface area contributed by atoms with Gasteiger partial charge in [-0.3, -0.25) is 4.79 Å². The Balaban J connectivity index is 4.48. The van der Waals surface area contributed by atoms with Gasteiger partial charge in [0.05, 0.1) is 5.92 Å². The average Bonchev–Trinajstić information content (AvgIpc) is 2.14. The van der Waals surface area contributed by atoms with E-state index in [1.807, 2.05) is 41.5 Å². The Morgan fingerprint density at radius 2 is 1.53 bits per heavy atom. The third kappa shape index (κ3) is 4.76. The molecule has 0 rings (SSSR count). The molecule has 0 spiro atoms. The molecule has 0 aliphatic carbocycles. The van der Waals surface area contributed by atoms with Crippen molar-refractivity contribution in [2.45, 2.75) is 47.8 Å². The molecule has 3 heteroatoms. The Labute approximate surface area is 93.1 Å². The maximum absolute atomic E-state index is 12.0. The molecule has 0 bridgehead atoms. The fraction of sp³-hybridized carbons (Fsp3) is 0.917. The number of hydrogen-bond acceptors (Lipinski definition) is 3. The SMILES string of the molecule is CCOC(OCC)C(C)C(=O)C(C)(C)C. The zero-order valence-corrected chi connectivity index (χ0v) is 10.8. The molecule has 1 unspecified atom stereocenters. The lowest BCUT2D eigenvalue weighted by Crippen LogP contribution is -2.37. The number of Topliss-reactive ketones (excluding diaryl/α,β-unsaturated/α-hetero) is 1. The van der Waals surface area contributed by atoms with Gasteiger partial charge in [0.2, 0.25) is 0 Å². The summed E-state index contributed by atoms with van der Waals surface area (Å²) in [6.07, 6.45) is -0.410. The molecule has 1 atom stereocenters. The van der Waals surface area contributed by atoms with Crippen LogP contribution in [-0.2, 0) is 14.3 Å². The predicted molar refractivity (Wildman–Crippen MR) is 60.7 cm³/mol. The fourth-order valence-corrected chi connectivity index (χ4v) is 1.47. The first kappa shape index (κ1) is 14.6. The molecule has 0 saturated carbocycles. The lowest BCUT2D eigenvalue weighted by Gasteiger charge is -2.27. The number of carbonyl (C=O) groups is 1. The Hall–Kier alpha value is -0.410. The highest BCUT2D eigenvalue weighted by Gasteiger charge is 2.32. The molecule has 0 fully saturated rings. The summed E-state index contributed by atoms with van der Waals surface area (Å²) in [4.78, 5) is 12.0. The molecule has 3 nitrogen and oxygen atoms in total. The van der Waals surface area contributed by atoms with Crippen molar-refractivity contribution in [3.8, 4) is 0 Å². The predicted octanol–water partition coefficient (Wildman–Crippen LogP) is 2.64. The molecular formula is C12H24O3.